The SMILES string of the molecule is Cc1cnn(C2CCCC(C#N)(NC3CC3)C2)c1. The summed E-state index contributed by atoms with van der Waals surface area (Å²) in [6, 6.07) is 3.50. The lowest BCUT2D eigenvalue weighted by molar-refractivity contribution is 0.218. The molecule has 0 spiro atoms. The summed E-state index contributed by atoms with van der Waals surface area (Å²) >= 11 is 0. The van der Waals surface area contributed by atoms with Gasteiger partial charge in [-0.15, -0.1) is 0 Å². The Balaban J connectivity index is 1.75. The van der Waals surface area contributed by atoms with Crippen LogP contribution in [0.5, 0.6) is 0 Å². The van der Waals surface area contributed by atoms with Crippen LogP contribution >= 0.6 is 0 Å². The highest BCUT2D eigenvalue weighted by Crippen LogP contribution is 2.37. The van der Waals surface area contributed by atoms with Gasteiger partial charge in [-0.05, 0) is 44.6 Å². The highest BCUT2D eigenvalue weighted by molar-refractivity contribution is 5.13. The molecular weight excluding hydrogens is 224 g/mol. The molecule has 96 valence electrons. The molecule has 0 aromatic carbocycles. The smallest absolute Gasteiger partial charge is 0.109 e. The molecular formula is C14H20N4. The second kappa shape index (κ2) is 4.40. The van der Waals surface area contributed by atoms with Crippen molar-refractivity contribution in [1.29, 1.82) is 5.26 Å². The molecule has 0 aliphatic heterocycles. The molecule has 18 heavy (non-hydrogen) atoms. The molecule has 2 aliphatic rings. The van der Waals surface area contributed by atoms with Crippen LogP contribution in [0.1, 0.15) is 50.1 Å². The predicted molar refractivity (Wildman–Crippen MR) is 69.0 cm³/mol. The van der Waals surface area contributed by atoms with Gasteiger partial charge in [0.2, 0.25) is 0 Å². The van der Waals surface area contributed by atoms with E-state index in [4.69, 9.17) is 0 Å². The average molecular weight is 244 g/mol. The van der Waals surface area contributed by atoms with Crippen LogP contribution < -0.4 is 5.32 Å². The molecule has 3 rings (SSSR count). The van der Waals surface area contributed by atoms with E-state index in [2.05, 4.69) is 34.3 Å². The lowest BCUT2D eigenvalue weighted by atomic mass is 9.80. The highest BCUT2D eigenvalue weighted by Gasteiger charge is 2.41. The van der Waals surface area contributed by atoms with Crippen molar-refractivity contribution in [3.8, 4) is 6.07 Å². The molecule has 2 saturated carbocycles. The van der Waals surface area contributed by atoms with Gasteiger partial charge in [-0.25, -0.2) is 0 Å². The Kier molecular flexibility index (Phi) is 2.87. The van der Waals surface area contributed by atoms with Crippen LogP contribution in [-0.2, 0) is 0 Å². The van der Waals surface area contributed by atoms with Crippen molar-refractivity contribution in [2.45, 2.75) is 63.1 Å². The molecule has 2 atom stereocenters. The summed E-state index contributed by atoms with van der Waals surface area (Å²) in [5.74, 6) is 0. The molecule has 0 bridgehead atoms. The maximum Gasteiger partial charge on any atom is 0.109 e. The van der Waals surface area contributed by atoms with Crippen LogP contribution in [0.4, 0.5) is 0 Å². The standard InChI is InChI=1S/C14H20N4/c1-11-8-16-18(9-11)13-3-2-6-14(7-13,10-15)17-12-4-5-12/h8-9,12-13,17H,2-7H2,1H3. The fourth-order valence-electron chi connectivity index (χ4n) is 2.99. The molecule has 2 aliphatic carbocycles. The highest BCUT2D eigenvalue weighted by atomic mass is 15.3. The summed E-state index contributed by atoms with van der Waals surface area (Å²) in [4.78, 5) is 0. The van der Waals surface area contributed by atoms with Crippen LogP contribution in [0, 0.1) is 18.3 Å². The van der Waals surface area contributed by atoms with E-state index in [0.29, 0.717) is 12.1 Å². The van der Waals surface area contributed by atoms with Gasteiger partial charge in [-0.3, -0.25) is 10.00 Å². The topological polar surface area (TPSA) is 53.6 Å². The third kappa shape index (κ3) is 2.28. The monoisotopic (exact) mass is 244 g/mol. The van der Waals surface area contributed by atoms with Crippen LogP contribution in [0.2, 0.25) is 0 Å². The first-order chi connectivity index (χ1) is 8.71. The minimum absolute atomic E-state index is 0.316. The summed E-state index contributed by atoms with van der Waals surface area (Å²) in [6.45, 7) is 2.06. The van der Waals surface area contributed by atoms with E-state index in [-0.39, 0.29) is 5.54 Å². The Hall–Kier alpha value is -1.34. The number of nitrogens with zero attached hydrogens (tertiary/aromatic N) is 3. The Morgan fingerprint density at radius 3 is 2.94 bits per heavy atom. The number of nitrogens with one attached hydrogen (secondary N) is 1. The zero-order chi connectivity index (χ0) is 12.6. The molecule has 1 aromatic rings. The summed E-state index contributed by atoms with van der Waals surface area (Å²) < 4.78 is 2.05. The lowest BCUT2D eigenvalue weighted by Crippen LogP contribution is -2.49. The molecule has 1 heterocycles. The Bertz CT molecular complexity index is 468. The van der Waals surface area contributed by atoms with E-state index < -0.39 is 0 Å². The van der Waals surface area contributed by atoms with Crippen LogP contribution in [-0.4, -0.2) is 21.4 Å². The fourth-order valence-corrected chi connectivity index (χ4v) is 2.99. The summed E-state index contributed by atoms with van der Waals surface area (Å²) in [5, 5.41) is 17.5. The minimum atomic E-state index is -0.316. The summed E-state index contributed by atoms with van der Waals surface area (Å²) in [6.07, 6.45) is 10.6. The van der Waals surface area contributed by atoms with Crippen molar-refractivity contribution in [1.82, 2.24) is 15.1 Å². The first kappa shape index (κ1) is 11.7. The number of aromatic nitrogens is 2. The van der Waals surface area contributed by atoms with Crippen LogP contribution in [0.25, 0.3) is 0 Å². The van der Waals surface area contributed by atoms with Gasteiger partial charge in [0.25, 0.3) is 0 Å². The van der Waals surface area contributed by atoms with E-state index in [1.807, 2.05) is 6.20 Å². The minimum Gasteiger partial charge on any atom is -0.297 e. The van der Waals surface area contributed by atoms with E-state index in [1.54, 1.807) is 0 Å². The van der Waals surface area contributed by atoms with Gasteiger partial charge in [-0.2, -0.15) is 10.4 Å². The first-order valence-electron chi connectivity index (χ1n) is 6.90. The van der Waals surface area contributed by atoms with Gasteiger partial charge in [0.05, 0.1) is 18.3 Å². The van der Waals surface area contributed by atoms with E-state index in [0.717, 1.165) is 25.7 Å². The molecule has 1 aromatic heterocycles. The van der Waals surface area contributed by atoms with Gasteiger partial charge in [0.15, 0.2) is 0 Å². The average Bonchev–Trinajstić information content (AvgIpc) is 3.08. The van der Waals surface area contributed by atoms with E-state index in [1.165, 1.54) is 18.4 Å². The van der Waals surface area contributed by atoms with Gasteiger partial charge in [0.1, 0.15) is 5.54 Å². The van der Waals surface area contributed by atoms with E-state index >= 15 is 0 Å². The third-order valence-electron chi connectivity index (χ3n) is 4.10. The Morgan fingerprint density at radius 2 is 2.33 bits per heavy atom. The zero-order valence-corrected chi connectivity index (χ0v) is 10.9. The number of hydrogen-bond acceptors (Lipinski definition) is 3. The molecule has 4 heteroatoms. The van der Waals surface area contributed by atoms with Crippen molar-refractivity contribution < 1.29 is 0 Å². The second-order valence-electron chi connectivity index (χ2n) is 5.86. The molecule has 0 amide bonds. The number of rotatable bonds is 3. The van der Waals surface area contributed by atoms with E-state index in [9.17, 15) is 5.26 Å². The molecule has 2 fully saturated rings. The van der Waals surface area contributed by atoms with Gasteiger partial charge in [-0.1, -0.05) is 0 Å². The van der Waals surface area contributed by atoms with Gasteiger partial charge >= 0.3 is 0 Å². The molecule has 4 nitrogen and oxygen atoms in total. The second-order valence-corrected chi connectivity index (χ2v) is 5.86. The first-order valence-corrected chi connectivity index (χ1v) is 6.90. The van der Waals surface area contributed by atoms with Gasteiger partial charge in [0, 0.05) is 18.7 Å². The van der Waals surface area contributed by atoms with Crippen molar-refractivity contribution in [3.05, 3.63) is 18.0 Å². The van der Waals surface area contributed by atoms with Crippen molar-refractivity contribution in [2.24, 2.45) is 0 Å². The number of hydrogen-bond donors (Lipinski definition) is 1. The molecule has 0 radical (unpaired) electrons. The maximum atomic E-state index is 9.55. The lowest BCUT2D eigenvalue weighted by Gasteiger charge is -2.36. The van der Waals surface area contributed by atoms with Crippen LogP contribution in [0.15, 0.2) is 12.4 Å². The number of nitriles is 1. The fraction of sp³-hybridized carbons (Fsp3) is 0.714. The Labute approximate surface area is 108 Å². The summed E-state index contributed by atoms with van der Waals surface area (Å²) in [7, 11) is 0. The largest absolute Gasteiger partial charge is 0.297 e. The summed E-state index contributed by atoms with van der Waals surface area (Å²) in [5.41, 5.74) is 0.877. The molecule has 2 unspecified atom stereocenters. The number of aryl methyl sites for hydroxylation is 1. The quantitative estimate of drug-likeness (QED) is 0.887. The molecule has 1 N–H and O–H groups in total. The van der Waals surface area contributed by atoms with Crippen molar-refractivity contribution in [3.63, 3.8) is 0 Å². The van der Waals surface area contributed by atoms with Crippen molar-refractivity contribution in [2.75, 3.05) is 0 Å². The predicted octanol–water partition coefficient (Wildman–Crippen LogP) is 2.32. The van der Waals surface area contributed by atoms with Gasteiger partial charge < -0.3 is 0 Å². The zero-order valence-electron chi connectivity index (χ0n) is 10.9. The normalized spacial score (nSPS) is 32.1. The Morgan fingerprint density at radius 1 is 1.50 bits per heavy atom. The third-order valence-corrected chi connectivity index (χ3v) is 4.10. The molecule has 0 saturated heterocycles. The maximum absolute atomic E-state index is 9.55. The van der Waals surface area contributed by atoms with Crippen molar-refractivity contribution >= 4 is 0 Å². The van der Waals surface area contributed by atoms with Crippen LogP contribution in [0.3, 0.4) is 0 Å².